The Kier molecular flexibility index (Phi) is 11.3. The fraction of sp³-hybridized carbons (Fsp3) is 0.395. The molecule has 0 bridgehead atoms. The summed E-state index contributed by atoms with van der Waals surface area (Å²) in [5.41, 5.74) is 9.19. The zero-order valence-electron chi connectivity index (χ0n) is 27.1. The Hall–Kier alpha value is -4.23. The molecule has 2 amide bonds. The Bertz CT molecular complexity index is 1440. The van der Waals surface area contributed by atoms with Gasteiger partial charge in [-0.05, 0) is 74.8 Å². The first kappa shape index (κ1) is 33.7. The summed E-state index contributed by atoms with van der Waals surface area (Å²) in [5.74, 6) is -0.584. The molecule has 1 aliphatic heterocycles. The van der Waals surface area contributed by atoms with Gasteiger partial charge >= 0.3 is 5.97 Å². The Labute approximate surface area is 268 Å². The standard InChI is InChI=1S/C38H47N3O4/c1-5-45-36(44)38(28-30-13-8-6-9-14-30)23-25-41(26-24-38)35(43)33(40(4)34(42)17-12-22-37(2,3)39)27-29-18-20-32(21-19-29)31-15-10-7-11-16-31/h6-21,33H,5,22-28,39H2,1-4H3/b17-12+. The number of amides is 2. The molecule has 45 heavy (non-hydrogen) atoms. The average molecular weight is 610 g/mol. The van der Waals surface area contributed by atoms with Gasteiger partial charge in [0.05, 0.1) is 12.0 Å². The molecule has 0 aliphatic carbocycles. The molecule has 3 aromatic rings. The lowest BCUT2D eigenvalue weighted by Gasteiger charge is -2.42. The predicted molar refractivity (Wildman–Crippen MR) is 179 cm³/mol. The maximum Gasteiger partial charge on any atom is 0.312 e. The average Bonchev–Trinajstić information content (AvgIpc) is 3.04. The third-order valence-electron chi connectivity index (χ3n) is 8.62. The number of likely N-dealkylation sites (N-methyl/N-ethyl adjacent to an activating group) is 1. The van der Waals surface area contributed by atoms with Crippen LogP contribution in [0.1, 0.15) is 51.2 Å². The summed E-state index contributed by atoms with van der Waals surface area (Å²) in [4.78, 5) is 44.1. The minimum Gasteiger partial charge on any atom is -0.466 e. The third-order valence-corrected chi connectivity index (χ3v) is 8.62. The Morgan fingerprint density at radius 2 is 1.49 bits per heavy atom. The van der Waals surface area contributed by atoms with Gasteiger partial charge in [-0.2, -0.15) is 0 Å². The van der Waals surface area contributed by atoms with Crippen LogP contribution in [-0.2, 0) is 32.0 Å². The molecule has 0 radical (unpaired) electrons. The number of nitrogens with zero attached hydrogens (tertiary/aromatic N) is 2. The van der Waals surface area contributed by atoms with Crippen molar-refractivity contribution < 1.29 is 19.1 Å². The summed E-state index contributed by atoms with van der Waals surface area (Å²) in [6.07, 6.45) is 5.74. The fourth-order valence-corrected chi connectivity index (χ4v) is 5.90. The van der Waals surface area contributed by atoms with Crippen molar-refractivity contribution >= 4 is 17.8 Å². The van der Waals surface area contributed by atoms with E-state index in [2.05, 4.69) is 24.3 Å². The van der Waals surface area contributed by atoms with E-state index in [1.54, 1.807) is 13.1 Å². The minimum absolute atomic E-state index is 0.122. The van der Waals surface area contributed by atoms with E-state index in [1.807, 2.05) is 86.3 Å². The molecule has 7 nitrogen and oxygen atoms in total. The van der Waals surface area contributed by atoms with E-state index in [0.717, 1.165) is 22.3 Å². The van der Waals surface area contributed by atoms with Crippen molar-refractivity contribution in [2.75, 3.05) is 26.7 Å². The van der Waals surface area contributed by atoms with Crippen molar-refractivity contribution in [1.29, 1.82) is 0 Å². The topological polar surface area (TPSA) is 92.9 Å². The number of hydrogen-bond donors (Lipinski definition) is 1. The molecule has 0 saturated carbocycles. The van der Waals surface area contributed by atoms with Crippen molar-refractivity contribution in [1.82, 2.24) is 9.80 Å². The number of piperidine rings is 1. The first-order valence-electron chi connectivity index (χ1n) is 15.9. The van der Waals surface area contributed by atoms with Crippen LogP contribution in [0.25, 0.3) is 11.1 Å². The zero-order chi connectivity index (χ0) is 32.5. The molecule has 1 atom stereocenters. The first-order chi connectivity index (χ1) is 21.5. The van der Waals surface area contributed by atoms with E-state index in [1.165, 1.54) is 11.0 Å². The van der Waals surface area contributed by atoms with Crippen LogP contribution in [0.4, 0.5) is 0 Å². The highest BCUT2D eigenvalue weighted by Crippen LogP contribution is 2.37. The van der Waals surface area contributed by atoms with E-state index in [-0.39, 0.29) is 17.8 Å². The number of benzene rings is 3. The van der Waals surface area contributed by atoms with Gasteiger partial charge in [-0.3, -0.25) is 14.4 Å². The SMILES string of the molecule is CCOC(=O)C1(Cc2ccccc2)CCN(C(=O)C(Cc2ccc(-c3ccccc3)cc2)N(C)C(=O)/C=C/CC(C)(C)N)CC1. The number of hydrogen-bond acceptors (Lipinski definition) is 5. The molecule has 7 heteroatoms. The summed E-state index contributed by atoms with van der Waals surface area (Å²) < 4.78 is 5.54. The van der Waals surface area contributed by atoms with Crippen LogP contribution < -0.4 is 5.73 Å². The number of carbonyl (C=O) groups is 3. The zero-order valence-corrected chi connectivity index (χ0v) is 27.1. The summed E-state index contributed by atoms with van der Waals surface area (Å²) in [7, 11) is 1.68. The Balaban J connectivity index is 1.54. The molecular weight excluding hydrogens is 562 g/mol. The Morgan fingerprint density at radius 3 is 2.07 bits per heavy atom. The van der Waals surface area contributed by atoms with Crippen molar-refractivity contribution in [3.8, 4) is 11.1 Å². The summed E-state index contributed by atoms with van der Waals surface area (Å²) >= 11 is 0. The van der Waals surface area contributed by atoms with E-state index >= 15 is 0 Å². The lowest BCUT2D eigenvalue weighted by atomic mass is 9.73. The molecule has 1 fully saturated rings. The van der Waals surface area contributed by atoms with Crippen LogP contribution in [0.2, 0.25) is 0 Å². The maximum atomic E-state index is 14.2. The highest BCUT2D eigenvalue weighted by molar-refractivity contribution is 5.93. The van der Waals surface area contributed by atoms with E-state index < -0.39 is 17.0 Å². The molecule has 1 aliphatic rings. The summed E-state index contributed by atoms with van der Waals surface area (Å²) in [6, 6.07) is 27.5. The van der Waals surface area contributed by atoms with Gasteiger partial charge in [-0.1, -0.05) is 91.0 Å². The van der Waals surface area contributed by atoms with Crippen LogP contribution >= 0.6 is 0 Å². The molecule has 238 valence electrons. The Morgan fingerprint density at radius 1 is 0.911 bits per heavy atom. The monoisotopic (exact) mass is 609 g/mol. The maximum absolute atomic E-state index is 14.2. The number of nitrogens with two attached hydrogens (primary N) is 1. The highest BCUT2D eigenvalue weighted by atomic mass is 16.5. The van der Waals surface area contributed by atoms with Crippen LogP contribution in [0.3, 0.4) is 0 Å². The molecule has 1 unspecified atom stereocenters. The van der Waals surface area contributed by atoms with E-state index in [4.69, 9.17) is 10.5 Å². The largest absolute Gasteiger partial charge is 0.466 e. The summed E-state index contributed by atoms with van der Waals surface area (Å²) in [6.45, 7) is 6.76. The first-order valence-corrected chi connectivity index (χ1v) is 15.9. The smallest absolute Gasteiger partial charge is 0.312 e. The molecule has 2 N–H and O–H groups in total. The highest BCUT2D eigenvalue weighted by Gasteiger charge is 2.44. The lowest BCUT2D eigenvalue weighted by molar-refractivity contribution is -0.161. The molecule has 1 saturated heterocycles. The second-order valence-corrected chi connectivity index (χ2v) is 12.8. The second kappa shape index (κ2) is 15.2. The van der Waals surface area contributed by atoms with Gasteiger partial charge in [0.25, 0.3) is 0 Å². The van der Waals surface area contributed by atoms with Gasteiger partial charge in [-0.15, -0.1) is 0 Å². The number of carbonyl (C=O) groups excluding carboxylic acids is 3. The van der Waals surface area contributed by atoms with E-state index in [0.29, 0.717) is 51.8 Å². The van der Waals surface area contributed by atoms with Gasteiger partial charge < -0.3 is 20.3 Å². The van der Waals surface area contributed by atoms with Gasteiger partial charge in [-0.25, -0.2) is 0 Å². The number of likely N-dealkylation sites (tertiary alicyclic amines) is 1. The van der Waals surface area contributed by atoms with Gasteiger partial charge in [0.2, 0.25) is 11.8 Å². The van der Waals surface area contributed by atoms with Crippen molar-refractivity contribution in [2.24, 2.45) is 11.1 Å². The number of esters is 1. The quantitative estimate of drug-likeness (QED) is 0.206. The second-order valence-electron chi connectivity index (χ2n) is 12.8. The number of ether oxygens (including phenoxy) is 1. The van der Waals surface area contributed by atoms with Crippen molar-refractivity contribution in [3.05, 3.63) is 108 Å². The van der Waals surface area contributed by atoms with E-state index in [9.17, 15) is 14.4 Å². The van der Waals surface area contributed by atoms with Crippen LogP contribution in [0.5, 0.6) is 0 Å². The lowest BCUT2D eigenvalue weighted by Crippen LogP contribution is -2.54. The van der Waals surface area contributed by atoms with Gasteiger partial charge in [0.15, 0.2) is 0 Å². The molecule has 1 heterocycles. The molecule has 0 spiro atoms. The van der Waals surface area contributed by atoms with Crippen LogP contribution in [-0.4, -0.2) is 65.9 Å². The molecular formula is C38H47N3O4. The molecule has 3 aromatic carbocycles. The summed E-state index contributed by atoms with van der Waals surface area (Å²) in [5, 5.41) is 0. The van der Waals surface area contributed by atoms with Crippen LogP contribution in [0.15, 0.2) is 97.1 Å². The minimum atomic E-state index is -0.708. The molecule has 0 aromatic heterocycles. The van der Waals surface area contributed by atoms with Crippen LogP contribution in [0, 0.1) is 5.41 Å². The van der Waals surface area contributed by atoms with Crippen molar-refractivity contribution in [3.63, 3.8) is 0 Å². The predicted octanol–water partition coefficient (Wildman–Crippen LogP) is 5.82. The fourth-order valence-electron chi connectivity index (χ4n) is 5.90. The van der Waals surface area contributed by atoms with Crippen molar-refractivity contribution in [2.45, 2.75) is 64.5 Å². The van der Waals surface area contributed by atoms with Gasteiger partial charge in [0.1, 0.15) is 6.04 Å². The van der Waals surface area contributed by atoms with Gasteiger partial charge in [0, 0.05) is 32.1 Å². The normalized spacial score (nSPS) is 15.4. The number of rotatable bonds is 12. The third kappa shape index (κ3) is 9.14. The molecule has 4 rings (SSSR count).